The number of rotatable bonds is 5. The summed E-state index contributed by atoms with van der Waals surface area (Å²) in [6.45, 7) is 4.46. The van der Waals surface area contributed by atoms with E-state index in [1.165, 1.54) is 11.1 Å². The fraction of sp³-hybridized carbons (Fsp3) is 0.323. The Morgan fingerprint density at radius 3 is 2.44 bits per heavy atom. The van der Waals surface area contributed by atoms with Gasteiger partial charge in [0.1, 0.15) is 5.82 Å². The van der Waals surface area contributed by atoms with E-state index in [0.717, 1.165) is 55.4 Å². The Balaban J connectivity index is 1.17. The molecular formula is C31H31FN2O2. The number of fused-ring (bicyclic) bond motifs is 1. The number of benzene rings is 3. The fourth-order valence-electron chi connectivity index (χ4n) is 6.18. The zero-order valence-corrected chi connectivity index (χ0v) is 20.4. The number of hydrogen-bond donors (Lipinski definition) is 0. The molecule has 2 fully saturated rings. The van der Waals surface area contributed by atoms with Crippen molar-refractivity contribution in [3.63, 3.8) is 0 Å². The summed E-state index contributed by atoms with van der Waals surface area (Å²) >= 11 is 0. The fourth-order valence-corrected chi connectivity index (χ4v) is 6.18. The average molecular weight is 483 g/mol. The molecule has 0 saturated carbocycles. The lowest BCUT2D eigenvalue weighted by Crippen LogP contribution is -2.38. The van der Waals surface area contributed by atoms with E-state index >= 15 is 0 Å². The number of carbonyl (C=O) groups is 1. The minimum atomic E-state index is -0.176. The number of likely N-dealkylation sites (tertiary alicyclic amines) is 2. The van der Waals surface area contributed by atoms with Crippen molar-refractivity contribution >= 4 is 16.7 Å². The van der Waals surface area contributed by atoms with Crippen LogP contribution in [0.5, 0.6) is 0 Å². The molecule has 2 saturated heterocycles. The minimum absolute atomic E-state index is 0.109. The van der Waals surface area contributed by atoms with Crippen LogP contribution in [0, 0.1) is 11.7 Å². The molecule has 184 valence electrons. The first-order chi connectivity index (χ1) is 17.7. The number of furan rings is 1. The van der Waals surface area contributed by atoms with Crippen LogP contribution in [0.1, 0.15) is 46.2 Å². The third-order valence-corrected chi connectivity index (χ3v) is 8.14. The predicted molar refractivity (Wildman–Crippen MR) is 140 cm³/mol. The van der Waals surface area contributed by atoms with E-state index < -0.39 is 0 Å². The average Bonchev–Trinajstić information content (AvgIpc) is 3.59. The van der Waals surface area contributed by atoms with E-state index in [0.29, 0.717) is 18.4 Å². The molecule has 2 aliphatic heterocycles. The SMILES string of the molecule is O=C(c1cccc2ccccc12)N1C[C@@H](CN2CCC(c3ccc(F)cc3)CC2)[C@H](c2ccoc2)C1. The number of carbonyl (C=O) groups excluding carboxylic acids is 1. The zero-order valence-electron chi connectivity index (χ0n) is 20.4. The molecule has 0 radical (unpaired) electrons. The molecule has 2 atom stereocenters. The maximum Gasteiger partial charge on any atom is 0.254 e. The summed E-state index contributed by atoms with van der Waals surface area (Å²) in [4.78, 5) is 18.3. The maximum absolute atomic E-state index is 13.7. The highest BCUT2D eigenvalue weighted by atomic mass is 19.1. The number of piperidine rings is 1. The van der Waals surface area contributed by atoms with Crippen molar-refractivity contribution in [1.29, 1.82) is 0 Å². The smallest absolute Gasteiger partial charge is 0.254 e. The molecule has 3 heterocycles. The molecule has 3 aromatic carbocycles. The second-order valence-electron chi connectivity index (χ2n) is 10.3. The lowest BCUT2D eigenvalue weighted by molar-refractivity contribution is 0.0783. The van der Waals surface area contributed by atoms with Gasteiger partial charge in [-0.3, -0.25) is 4.79 Å². The molecule has 0 N–H and O–H groups in total. The maximum atomic E-state index is 13.7. The molecule has 6 rings (SSSR count). The van der Waals surface area contributed by atoms with E-state index in [4.69, 9.17) is 4.42 Å². The Kier molecular flexibility index (Phi) is 6.32. The van der Waals surface area contributed by atoms with Crippen LogP contribution in [-0.4, -0.2) is 48.4 Å². The van der Waals surface area contributed by atoms with Gasteiger partial charge in [-0.1, -0.05) is 48.5 Å². The van der Waals surface area contributed by atoms with Gasteiger partial charge in [0.2, 0.25) is 0 Å². The Morgan fingerprint density at radius 1 is 0.889 bits per heavy atom. The predicted octanol–water partition coefficient (Wildman–Crippen LogP) is 6.31. The second kappa shape index (κ2) is 9.90. The van der Waals surface area contributed by atoms with Crippen molar-refractivity contribution in [2.45, 2.75) is 24.7 Å². The standard InChI is InChI=1S/C31H31FN2O2/c32-27-10-8-22(9-11-27)23-12-15-33(16-13-23)18-26-19-34(20-30(26)25-14-17-36-21-25)31(35)29-7-3-5-24-4-1-2-6-28(24)29/h1-11,14,17,21,23,26,30H,12-13,15-16,18-20H2/t26-,30+/m1/s1. The molecule has 0 aliphatic carbocycles. The van der Waals surface area contributed by atoms with E-state index in [-0.39, 0.29) is 17.6 Å². The van der Waals surface area contributed by atoms with Crippen molar-refractivity contribution in [1.82, 2.24) is 9.80 Å². The van der Waals surface area contributed by atoms with Crippen LogP contribution < -0.4 is 0 Å². The van der Waals surface area contributed by atoms with E-state index in [9.17, 15) is 9.18 Å². The van der Waals surface area contributed by atoms with Gasteiger partial charge in [-0.2, -0.15) is 0 Å². The normalized spacial score (nSPS) is 21.3. The van der Waals surface area contributed by atoms with Crippen LogP contribution in [0.15, 0.2) is 89.7 Å². The van der Waals surface area contributed by atoms with Crippen molar-refractivity contribution in [3.05, 3.63) is 108 Å². The van der Waals surface area contributed by atoms with Gasteiger partial charge in [0.05, 0.1) is 12.5 Å². The van der Waals surface area contributed by atoms with Crippen LogP contribution in [-0.2, 0) is 0 Å². The highest BCUT2D eigenvalue weighted by Crippen LogP contribution is 2.36. The first-order valence-electron chi connectivity index (χ1n) is 12.9. The molecule has 4 nitrogen and oxygen atoms in total. The minimum Gasteiger partial charge on any atom is -0.472 e. The summed E-state index contributed by atoms with van der Waals surface area (Å²) in [6.07, 6.45) is 5.72. The lowest BCUT2D eigenvalue weighted by Gasteiger charge is -2.34. The number of nitrogens with zero attached hydrogens (tertiary/aromatic N) is 2. The van der Waals surface area contributed by atoms with Crippen molar-refractivity contribution in [2.24, 2.45) is 5.92 Å². The lowest BCUT2D eigenvalue weighted by atomic mass is 9.87. The molecule has 4 aromatic rings. The molecule has 1 amide bonds. The second-order valence-corrected chi connectivity index (χ2v) is 10.3. The van der Waals surface area contributed by atoms with Gasteiger partial charge >= 0.3 is 0 Å². The topological polar surface area (TPSA) is 36.7 Å². The van der Waals surface area contributed by atoms with Gasteiger partial charge in [0.25, 0.3) is 5.91 Å². The Hall–Kier alpha value is -3.44. The first kappa shape index (κ1) is 23.0. The van der Waals surface area contributed by atoms with Gasteiger partial charge in [-0.15, -0.1) is 0 Å². The third-order valence-electron chi connectivity index (χ3n) is 8.14. The molecule has 1 aromatic heterocycles. The molecule has 0 bridgehead atoms. The van der Waals surface area contributed by atoms with Crippen molar-refractivity contribution in [2.75, 3.05) is 32.7 Å². The van der Waals surface area contributed by atoms with E-state index in [1.54, 1.807) is 18.4 Å². The number of amides is 1. The molecule has 2 aliphatic rings. The Bertz CT molecular complexity index is 1320. The van der Waals surface area contributed by atoms with E-state index in [2.05, 4.69) is 17.0 Å². The van der Waals surface area contributed by atoms with Crippen LogP contribution in [0.2, 0.25) is 0 Å². The van der Waals surface area contributed by atoms with Gasteiger partial charge in [0.15, 0.2) is 0 Å². The van der Waals surface area contributed by atoms with Crippen LogP contribution >= 0.6 is 0 Å². The van der Waals surface area contributed by atoms with Gasteiger partial charge in [0, 0.05) is 31.1 Å². The zero-order chi connectivity index (χ0) is 24.5. The summed E-state index contributed by atoms with van der Waals surface area (Å²) in [7, 11) is 0. The van der Waals surface area contributed by atoms with Gasteiger partial charge < -0.3 is 14.2 Å². The van der Waals surface area contributed by atoms with Crippen LogP contribution in [0.4, 0.5) is 4.39 Å². The summed E-state index contributed by atoms with van der Waals surface area (Å²) in [5.41, 5.74) is 3.19. The van der Waals surface area contributed by atoms with E-state index in [1.807, 2.05) is 59.7 Å². The molecular weight excluding hydrogens is 451 g/mol. The molecule has 36 heavy (non-hydrogen) atoms. The van der Waals surface area contributed by atoms with Crippen molar-refractivity contribution in [3.8, 4) is 0 Å². The molecule has 5 heteroatoms. The number of halogens is 1. The summed E-state index contributed by atoms with van der Waals surface area (Å²) in [5.74, 6) is 1.03. The number of hydrogen-bond acceptors (Lipinski definition) is 3. The van der Waals surface area contributed by atoms with Crippen LogP contribution in [0.25, 0.3) is 10.8 Å². The highest BCUT2D eigenvalue weighted by molar-refractivity contribution is 6.07. The summed E-state index contributed by atoms with van der Waals surface area (Å²) in [6, 6.07) is 23.1. The van der Waals surface area contributed by atoms with Crippen LogP contribution in [0.3, 0.4) is 0 Å². The molecule has 0 unspecified atom stereocenters. The van der Waals surface area contributed by atoms with Gasteiger partial charge in [-0.05, 0) is 83.9 Å². The summed E-state index contributed by atoms with van der Waals surface area (Å²) < 4.78 is 18.8. The monoisotopic (exact) mass is 482 g/mol. The third kappa shape index (κ3) is 4.56. The largest absolute Gasteiger partial charge is 0.472 e. The quantitative estimate of drug-likeness (QED) is 0.335. The Morgan fingerprint density at radius 2 is 1.67 bits per heavy atom. The first-order valence-corrected chi connectivity index (χ1v) is 12.9. The molecule has 0 spiro atoms. The summed E-state index contributed by atoms with van der Waals surface area (Å²) in [5, 5.41) is 2.10. The Labute approximate surface area is 211 Å². The van der Waals surface area contributed by atoms with Gasteiger partial charge in [-0.25, -0.2) is 4.39 Å². The van der Waals surface area contributed by atoms with Crippen molar-refractivity contribution < 1.29 is 13.6 Å². The highest BCUT2D eigenvalue weighted by Gasteiger charge is 2.38.